The van der Waals surface area contributed by atoms with E-state index in [0.29, 0.717) is 25.0 Å². The molecule has 1 N–H and O–H groups in total. The van der Waals surface area contributed by atoms with Crippen LogP contribution in [-0.2, 0) is 15.1 Å². The van der Waals surface area contributed by atoms with Crippen LogP contribution in [0.25, 0.3) is 11.1 Å². The molecule has 150 valence electrons. The number of nitriles is 1. The van der Waals surface area contributed by atoms with Crippen LogP contribution in [0.4, 0.5) is 0 Å². The number of hydrogen-bond acceptors (Lipinski definition) is 5. The Morgan fingerprint density at radius 2 is 1.72 bits per heavy atom. The van der Waals surface area contributed by atoms with Gasteiger partial charge in [0, 0.05) is 12.1 Å². The molecule has 5 heteroatoms. The second-order valence-corrected chi connectivity index (χ2v) is 7.42. The number of aldehydes is 1. The zero-order valence-electron chi connectivity index (χ0n) is 16.7. The van der Waals surface area contributed by atoms with Crippen molar-refractivity contribution < 1.29 is 14.3 Å². The number of nitrogens with zero attached hydrogens (tertiary/aromatic N) is 1. The first kappa shape index (κ1) is 20.8. The largest absolute Gasteiger partial charge is 0.462 e. The fourth-order valence-corrected chi connectivity index (χ4v) is 3.97. The van der Waals surface area contributed by atoms with E-state index in [1.807, 2.05) is 18.2 Å². The van der Waals surface area contributed by atoms with Gasteiger partial charge < -0.3 is 14.8 Å². The molecule has 3 rings (SSSR count). The van der Waals surface area contributed by atoms with Gasteiger partial charge in [0.25, 0.3) is 0 Å². The highest BCUT2D eigenvalue weighted by atomic mass is 16.5. The standard InChI is InChI=1S/C24H26N2O3/c1-2-29-23(28)21-7-5-19(6-8-21)20-9-11-22(12-10-20)24(13-3-4-14-24)26-16-18(15-25)17-27/h5-12,17-18,26H,2-4,13-14,16H2,1H3. The number of carbonyl (C=O) groups excluding carboxylic acids is 2. The fourth-order valence-electron chi connectivity index (χ4n) is 3.97. The zero-order valence-corrected chi connectivity index (χ0v) is 16.7. The van der Waals surface area contributed by atoms with Gasteiger partial charge in [-0.3, -0.25) is 0 Å². The van der Waals surface area contributed by atoms with Crippen LogP contribution in [0.1, 0.15) is 48.5 Å². The van der Waals surface area contributed by atoms with Gasteiger partial charge in [-0.25, -0.2) is 4.79 Å². The van der Waals surface area contributed by atoms with Gasteiger partial charge in [0.1, 0.15) is 12.2 Å². The van der Waals surface area contributed by atoms with Crippen molar-refractivity contribution in [3.05, 3.63) is 59.7 Å². The third-order valence-electron chi connectivity index (χ3n) is 5.61. The third kappa shape index (κ3) is 4.72. The Morgan fingerprint density at radius 3 is 2.24 bits per heavy atom. The summed E-state index contributed by atoms with van der Waals surface area (Å²) in [7, 11) is 0. The summed E-state index contributed by atoms with van der Waals surface area (Å²) >= 11 is 0. The first-order valence-electron chi connectivity index (χ1n) is 10.1. The number of nitrogens with one attached hydrogen (secondary N) is 1. The summed E-state index contributed by atoms with van der Waals surface area (Å²) in [6.07, 6.45) is 4.96. The fraction of sp³-hybridized carbons (Fsp3) is 0.375. The number of hydrogen-bond donors (Lipinski definition) is 1. The maximum atomic E-state index is 11.8. The maximum Gasteiger partial charge on any atom is 0.338 e. The molecule has 0 heterocycles. The van der Waals surface area contributed by atoms with Gasteiger partial charge in [0.2, 0.25) is 0 Å². The molecule has 29 heavy (non-hydrogen) atoms. The topological polar surface area (TPSA) is 79.2 Å². The Morgan fingerprint density at radius 1 is 1.14 bits per heavy atom. The van der Waals surface area contributed by atoms with Crippen molar-refractivity contribution in [3.8, 4) is 17.2 Å². The lowest BCUT2D eigenvalue weighted by molar-refractivity contribution is -0.109. The van der Waals surface area contributed by atoms with Gasteiger partial charge in [0.15, 0.2) is 0 Å². The van der Waals surface area contributed by atoms with E-state index < -0.39 is 5.92 Å². The summed E-state index contributed by atoms with van der Waals surface area (Å²) in [5.74, 6) is -0.931. The first-order valence-corrected chi connectivity index (χ1v) is 10.1. The van der Waals surface area contributed by atoms with Crippen molar-refractivity contribution >= 4 is 12.3 Å². The summed E-state index contributed by atoms with van der Waals surface area (Å²) in [6.45, 7) is 2.52. The van der Waals surface area contributed by atoms with Crippen LogP contribution in [0.5, 0.6) is 0 Å². The average Bonchev–Trinajstić information content (AvgIpc) is 3.25. The van der Waals surface area contributed by atoms with Crippen molar-refractivity contribution in [1.82, 2.24) is 5.32 Å². The Hall–Kier alpha value is -2.97. The molecule has 2 aromatic rings. The maximum absolute atomic E-state index is 11.8. The molecule has 1 unspecified atom stereocenters. The minimum Gasteiger partial charge on any atom is -0.462 e. The number of esters is 1. The van der Waals surface area contributed by atoms with E-state index in [9.17, 15) is 9.59 Å². The number of rotatable bonds is 8. The van der Waals surface area contributed by atoms with Crippen molar-refractivity contribution in [2.45, 2.75) is 38.1 Å². The molecule has 0 bridgehead atoms. The molecule has 0 saturated heterocycles. The van der Waals surface area contributed by atoms with E-state index in [1.54, 1.807) is 19.1 Å². The van der Waals surface area contributed by atoms with E-state index >= 15 is 0 Å². The molecule has 0 radical (unpaired) electrons. The molecule has 0 aliphatic heterocycles. The molecule has 1 fully saturated rings. The first-order chi connectivity index (χ1) is 14.1. The molecule has 2 aromatic carbocycles. The van der Waals surface area contributed by atoms with Crippen LogP contribution in [-0.4, -0.2) is 25.4 Å². The number of benzene rings is 2. The highest BCUT2D eigenvalue weighted by Gasteiger charge is 2.35. The van der Waals surface area contributed by atoms with Gasteiger partial charge in [-0.1, -0.05) is 49.2 Å². The van der Waals surface area contributed by atoms with Crippen molar-refractivity contribution in [3.63, 3.8) is 0 Å². The molecular formula is C24H26N2O3. The second kappa shape index (κ2) is 9.49. The highest BCUT2D eigenvalue weighted by Crippen LogP contribution is 2.39. The predicted octanol–water partition coefficient (Wildman–Crippen LogP) is 4.23. The molecule has 5 nitrogen and oxygen atoms in total. The highest BCUT2D eigenvalue weighted by molar-refractivity contribution is 5.90. The van der Waals surface area contributed by atoms with Crippen LogP contribution in [0, 0.1) is 17.2 Å². The Labute approximate surface area is 171 Å². The summed E-state index contributed by atoms with van der Waals surface area (Å²) < 4.78 is 5.03. The summed E-state index contributed by atoms with van der Waals surface area (Å²) in [6, 6.07) is 17.8. The molecular weight excluding hydrogens is 364 g/mol. The minimum absolute atomic E-state index is 0.176. The Bertz CT molecular complexity index is 876. The van der Waals surface area contributed by atoms with E-state index in [-0.39, 0.29) is 11.5 Å². The van der Waals surface area contributed by atoms with Crippen LogP contribution in [0.2, 0.25) is 0 Å². The van der Waals surface area contributed by atoms with E-state index in [4.69, 9.17) is 10.00 Å². The minimum atomic E-state index is -0.621. The Balaban J connectivity index is 1.77. The van der Waals surface area contributed by atoms with Gasteiger partial charge >= 0.3 is 5.97 Å². The number of carbonyl (C=O) groups is 2. The smallest absolute Gasteiger partial charge is 0.338 e. The van der Waals surface area contributed by atoms with Crippen molar-refractivity contribution in [2.75, 3.05) is 13.2 Å². The van der Waals surface area contributed by atoms with Gasteiger partial charge in [-0.05, 0) is 48.6 Å². The average molecular weight is 390 g/mol. The SMILES string of the molecule is CCOC(=O)c1ccc(-c2ccc(C3(NCC(C#N)C=O)CCCC3)cc2)cc1. The molecule has 1 aliphatic rings. The third-order valence-corrected chi connectivity index (χ3v) is 5.61. The van der Waals surface area contributed by atoms with Crippen LogP contribution >= 0.6 is 0 Å². The van der Waals surface area contributed by atoms with Gasteiger partial charge in [-0.2, -0.15) is 5.26 Å². The normalized spacial score (nSPS) is 16.0. The van der Waals surface area contributed by atoms with Gasteiger partial charge in [0.05, 0.1) is 18.2 Å². The summed E-state index contributed by atoms with van der Waals surface area (Å²) in [5.41, 5.74) is 3.65. The van der Waals surface area contributed by atoms with E-state index in [1.165, 1.54) is 5.56 Å². The molecule has 0 amide bonds. The molecule has 1 aliphatic carbocycles. The molecule has 1 saturated carbocycles. The van der Waals surface area contributed by atoms with Crippen LogP contribution in [0.3, 0.4) is 0 Å². The summed E-state index contributed by atoms with van der Waals surface area (Å²) in [5, 5.41) is 12.5. The zero-order chi connectivity index (χ0) is 20.7. The summed E-state index contributed by atoms with van der Waals surface area (Å²) in [4.78, 5) is 22.8. The number of ether oxygens (including phenoxy) is 1. The van der Waals surface area contributed by atoms with E-state index in [0.717, 1.165) is 36.8 Å². The van der Waals surface area contributed by atoms with E-state index in [2.05, 4.69) is 29.6 Å². The Kier molecular flexibility index (Phi) is 6.79. The van der Waals surface area contributed by atoms with Crippen molar-refractivity contribution in [2.24, 2.45) is 5.92 Å². The van der Waals surface area contributed by atoms with Gasteiger partial charge in [-0.15, -0.1) is 0 Å². The predicted molar refractivity (Wildman–Crippen MR) is 111 cm³/mol. The lowest BCUT2D eigenvalue weighted by Crippen LogP contribution is -2.42. The quantitative estimate of drug-likeness (QED) is 0.539. The van der Waals surface area contributed by atoms with Crippen molar-refractivity contribution in [1.29, 1.82) is 5.26 Å². The lowest BCUT2D eigenvalue weighted by Gasteiger charge is -2.32. The van der Waals surface area contributed by atoms with Crippen LogP contribution in [0.15, 0.2) is 48.5 Å². The molecule has 0 aromatic heterocycles. The monoisotopic (exact) mass is 390 g/mol. The molecule has 0 spiro atoms. The molecule has 1 atom stereocenters. The second-order valence-electron chi connectivity index (χ2n) is 7.42. The van der Waals surface area contributed by atoms with Crippen LogP contribution < -0.4 is 5.32 Å². The lowest BCUT2D eigenvalue weighted by atomic mass is 9.86.